The third-order valence-corrected chi connectivity index (χ3v) is 5.54. The monoisotopic (exact) mass is 354 g/mol. The molecule has 138 valence electrons. The predicted molar refractivity (Wildman–Crippen MR) is 100 cm³/mol. The van der Waals surface area contributed by atoms with Gasteiger partial charge in [-0.3, -0.25) is 19.3 Å². The van der Waals surface area contributed by atoms with E-state index >= 15 is 0 Å². The van der Waals surface area contributed by atoms with Crippen molar-refractivity contribution in [2.75, 3.05) is 11.9 Å². The van der Waals surface area contributed by atoms with Gasteiger partial charge in [-0.25, -0.2) is 0 Å². The number of carbonyl (C=O) groups excluding carboxylic acids is 3. The summed E-state index contributed by atoms with van der Waals surface area (Å²) in [6.07, 6.45) is 6.37. The number of rotatable bonds is 6. The van der Waals surface area contributed by atoms with Gasteiger partial charge in [-0.1, -0.05) is 38.1 Å². The number of likely N-dealkylation sites (tertiary alicyclic amines) is 1. The van der Waals surface area contributed by atoms with Crippen LogP contribution < -0.4 is 5.32 Å². The van der Waals surface area contributed by atoms with Crippen LogP contribution in [-0.2, 0) is 14.4 Å². The number of hydrogen-bond donors (Lipinski definition) is 1. The minimum atomic E-state index is -0.233. The maximum absolute atomic E-state index is 12.4. The Balaban J connectivity index is 1.53. The van der Waals surface area contributed by atoms with E-state index < -0.39 is 0 Å². The van der Waals surface area contributed by atoms with Crippen LogP contribution in [0.3, 0.4) is 0 Å². The van der Waals surface area contributed by atoms with E-state index in [2.05, 4.69) is 19.2 Å². The summed E-state index contributed by atoms with van der Waals surface area (Å²) in [7, 11) is 0. The number of nitrogens with zero attached hydrogens (tertiary/aromatic N) is 1. The van der Waals surface area contributed by atoms with E-state index in [1.54, 1.807) is 0 Å². The van der Waals surface area contributed by atoms with Gasteiger partial charge in [-0.2, -0.15) is 0 Å². The predicted octanol–water partition coefficient (Wildman–Crippen LogP) is 3.48. The van der Waals surface area contributed by atoms with Gasteiger partial charge in [-0.05, 0) is 42.9 Å². The third kappa shape index (κ3) is 3.71. The summed E-state index contributed by atoms with van der Waals surface area (Å²) in [6.45, 7) is 4.47. The smallest absolute Gasteiger partial charge is 0.233 e. The molecule has 5 nitrogen and oxygen atoms in total. The quantitative estimate of drug-likeness (QED) is 0.628. The number of allylic oxidation sites excluding steroid dienone is 2. The van der Waals surface area contributed by atoms with Gasteiger partial charge in [0.25, 0.3) is 0 Å². The minimum Gasteiger partial charge on any atom is -0.326 e. The number of benzene rings is 1. The van der Waals surface area contributed by atoms with Crippen LogP contribution in [0.2, 0.25) is 0 Å². The number of imide groups is 1. The third-order valence-electron chi connectivity index (χ3n) is 5.54. The fourth-order valence-electron chi connectivity index (χ4n) is 3.66. The lowest BCUT2D eigenvalue weighted by atomic mass is 9.85. The molecule has 0 saturated carbocycles. The summed E-state index contributed by atoms with van der Waals surface area (Å²) in [5.74, 6) is -0.419. The zero-order chi connectivity index (χ0) is 18.7. The van der Waals surface area contributed by atoms with Crippen molar-refractivity contribution in [1.82, 2.24) is 4.90 Å². The van der Waals surface area contributed by atoms with Crippen LogP contribution in [0.25, 0.3) is 0 Å². The molecule has 5 heteroatoms. The van der Waals surface area contributed by atoms with E-state index in [0.29, 0.717) is 18.8 Å². The largest absolute Gasteiger partial charge is 0.326 e. The highest BCUT2D eigenvalue weighted by Crippen LogP contribution is 2.35. The molecule has 3 rings (SSSR count). The Bertz CT molecular complexity index is 697. The second kappa shape index (κ2) is 7.85. The lowest BCUT2D eigenvalue weighted by molar-refractivity contribution is -0.140. The lowest BCUT2D eigenvalue weighted by Crippen LogP contribution is -2.34. The minimum absolute atomic E-state index is 0.122. The zero-order valence-electron chi connectivity index (χ0n) is 15.4. The maximum atomic E-state index is 12.4. The number of hydrogen-bond acceptors (Lipinski definition) is 3. The molecule has 0 aromatic heterocycles. The van der Waals surface area contributed by atoms with Gasteiger partial charge in [0.2, 0.25) is 17.7 Å². The van der Waals surface area contributed by atoms with Crippen LogP contribution in [0.5, 0.6) is 0 Å². The topological polar surface area (TPSA) is 66.5 Å². The molecule has 26 heavy (non-hydrogen) atoms. The summed E-state index contributed by atoms with van der Waals surface area (Å²) in [4.78, 5) is 38.3. The van der Waals surface area contributed by atoms with Crippen molar-refractivity contribution >= 4 is 23.4 Å². The first kappa shape index (κ1) is 18.4. The highest BCUT2D eigenvalue weighted by atomic mass is 16.2. The Labute approximate surface area is 154 Å². The number of amides is 3. The fourth-order valence-corrected chi connectivity index (χ4v) is 3.66. The first-order chi connectivity index (χ1) is 12.5. The van der Waals surface area contributed by atoms with Crippen LogP contribution in [-0.4, -0.2) is 29.2 Å². The maximum Gasteiger partial charge on any atom is 0.233 e. The molecule has 1 aromatic rings. The van der Waals surface area contributed by atoms with E-state index in [0.717, 1.165) is 12.1 Å². The Morgan fingerprint density at radius 1 is 1.12 bits per heavy atom. The molecule has 3 atom stereocenters. The average Bonchev–Trinajstić information content (AvgIpc) is 2.91. The highest BCUT2D eigenvalue weighted by molar-refractivity contribution is 6.05. The van der Waals surface area contributed by atoms with Crippen LogP contribution in [0, 0.1) is 11.8 Å². The molecule has 1 aliphatic carbocycles. The van der Waals surface area contributed by atoms with Crippen LogP contribution in [0.1, 0.15) is 51.0 Å². The standard InChI is InChI=1S/C21H26N2O3/c1-3-14(2)15-8-10-16(11-9-15)22-19(24)12-13-23-20(25)17-6-4-5-7-18(17)21(23)26/h4-5,8-11,14,17-18H,3,6-7,12-13H2,1-2H3,(H,22,24)/t14-,17-,18+/m1/s1. The number of anilines is 1. The summed E-state index contributed by atoms with van der Waals surface area (Å²) in [5.41, 5.74) is 1.98. The number of fused-ring (bicyclic) bond motifs is 1. The van der Waals surface area contributed by atoms with Crippen molar-refractivity contribution in [3.63, 3.8) is 0 Å². The number of nitrogens with one attached hydrogen (secondary N) is 1. The molecule has 1 fully saturated rings. The molecule has 1 aliphatic heterocycles. The van der Waals surface area contributed by atoms with Crippen LogP contribution in [0.15, 0.2) is 36.4 Å². The summed E-state index contributed by atoms with van der Waals surface area (Å²) < 4.78 is 0. The normalized spacial score (nSPS) is 23.1. The van der Waals surface area contributed by atoms with Gasteiger partial charge >= 0.3 is 0 Å². The molecular formula is C21H26N2O3. The van der Waals surface area contributed by atoms with Crippen molar-refractivity contribution in [1.29, 1.82) is 0 Å². The highest BCUT2D eigenvalue weighted by Gasteiger charge is 2.46. The van der Waals surface area contributed by atoms with Crippen molar-refractivity contribution < 1.29 is 14.4 Å². The lowest BCUT2D eigenvalue weighted by Gasteiger charge is -2.15. The molecule has 1 heterocycles. The van der Waals surface area contributed by atoms with Gasteiger partial charge in [0, 0.05) is 18.7 Å². The second-order valence-electron chi connectivity index (χ2n) is 7.21. The van der Waals surface area contributed by atoms with Crippen molar-refractivity contribution in [2.45, 2.75) is 45.4 Å². The van der Waals surface area contributed by atoms with E-state index in [4.69, 9.17) is 0 Å². The molecule has 0 spiro atoms. The van der Waals surface area contributed by atoms with Gasteiger partial charge in [0.1, 0.15) is 0 Å². The Morgan fingerprint density at radius 2 is 1.69 bits per heavy atom. The SMILES string of the molecule is CC[C@@H](C)c1ccc(NC(=O)CCN2C(=O)[C@H]3CC=CC[C@H]3C2=O)cc1. The molecule has 2 aliphatic rings. The first-order valence-electron chi connectivity index (χ1n) is 9.41. The zero-order valence-corrected chi connectivity index (χ0v) is 15.4. The van der Waals surface area contributed by atoms with Crippen LogP contribution >= 0.6 is 0 Å². The fraction of sp³-hybridized carbons (Fsp3) is 0.476. The average molecular weight is 354 g/mol. The Kier molecular flexibility index (Phi) is 5.55. The molecule has 1 saturated heterocycles. The van der Waals surface area contributed by atoms with Crippen molar-refractivity contribution in [3.05, 3.63) is 42.0 Å². The van der Waals surface area contributed by atoms with E-state index in [9.17, 15) is 14.4 Å². The molecule has 1 N–H and O–H groups in total. The van der Waals surface area contributed by atoms with E-state index in [1.807, 2.05) is 36.4 Å². The van der Waals surface area contributed by atoms with E-state index in [1.165, 1.54) is 10.5 Å². The summed E-state index contributed by atoms with van der Waals surface area (Å²) in [6, 6.07) is 7.83. The molecule has 0 unspecified atom stereocenters. The van der Waals surface area contributed by atoms with Crippen molar-refractivity contribution in [3.8, 4) is 0 Å². The van der Waals surface area contributed by atoms with E-state index in [-0.39, 0.29) is 42.5 Å². The number of carbonyl (C=O) groups is 3. The molecule has 3 amide bonds. The van der Waals surface area contributed by atoms with Crippen LogP contribution in [0.4, 0.5) is 5.69 Å². The van der Waals surface area contributed by atoms with Gasteiger partial charge in [0.15, 0.2) is 0 Å². The van der Waals surface area contributed by atoms with Gasteiger partial charge in [-0.15, -0.1) is 0 Å². The van der Waals surface area contributed by atoms with Gasteiger partial charge < -0.3 is 5.32 Å². The molecule has 0 radical (unpaired) electrons. The first-order valence-corrected chi connectivity index (χ1v) is 9.41. The van der Waals surface area contributed by atoms with Crippen molar-refractivity contribution in [2.24, 2.45) is 11.8 Å². The molecule has 1 aromatic carbocycles. The molecular weight excluding hydrogens is 328 g/mol. The summed E-state index contributed by atoms with van der Waals surface area (Å²) >= 11 is 0. The molecule has 0 bridgehead atoms. The van der Waals surface area contributed by atoms with Gasteiger partial charge in [0.05, 0.1) is 11.8 Å². The summed E-state index contributed by atoms with van der Waals surface area (Å²) in [5, 5.41) is 2.84. The second-order valence-corrected chi connectivity index (χ2v) is 7.21. The Hall–Kier alpha value is -2.43. The Morgan fingerprint density at radius 3 is 2.23 bits per heavy atom.